The molecule has 1 aromatic rings. The van der Waals surface area contributed by atoms with Gasteiger partial charge in [-0.3, -0.25) is 9.59 Å². The van der Waals surface area contributed by atoms with Crippen molar-refractivity contribution in [3.05, 3.63) is 11.1 Å². The highest BCUT2D eigenvalue weighted by Gasteiger charge is 2.43. The molecule has 3 N–H and O–H groups in total. The number of hydrogen-bond donors (Lipinski definition) is 2. The van der Waals surface area contributed by atoms with Gasteiger partial charge in [0.1, 0.15) is 10.4 Å². The zero-order valence-corrected chi connectivity index (χ0v) is 9.11. The zero-order valence-electron chi connectivity index (χ0n) is 8.29. The summed E-state index contributed by atoms with van der Waals surface area (Å²) in [6.45, 7) is 0.374. The maximum absolute atomic E-state index is 11.8. The molecule has 1 aliphatic heterocycles. The van der Waals surface area contributed by atoms with E-state index in [-0.39, 0.29) is 18.9 Å². The molecule has 1 aromatic heterocycles. The summed E-state index contributed by atoms with van der Waals surface area (Å²) in [5, 5.41) is 12.5. The van der Waals surface area contributed by atoms with Crippen LogP contribution < -0.4 is 5.73 Å². The minimum absolute atomic E-state index is 0.0269. The molecular weight excluding hydrogens is 232 g/mol. The van der Waals surface area contributed by atoms with Gasteiger partial charge >= 0.3 is 5.97 Å². The van der Waals surface area contributed by atoms with E-state index in [0.29, 0.717) is 11.4 Å². The van der Waals surface area contributed by atoms with Crippen LogP contribution in [-0.2, 0) is 4.79 Å². The van der Waals surface area contributed by atoms with Crippen molar-refractivity contribution in [3.8, 4) is 0 Å². The number of carbonyl (C=O) groups excluding carboxylic acids is 1. The molecule has 0 aromatic carbocycles. The van der Waals surface area contributed by atoms with Gasteiger partial charge in [0.05, 0.1) is 6.20 Å². The second-order valence-electron chi connectivity index (χ2n) is 3.72. The third kappa shape index (κ3) is 1.76. The second-order valence-corrected chi connectivity index (χ2v) is 4.51. The Morgan fingerprint density at radius 3 is 2.88 bits per heavy atom. The highest BCUT2D eigenvalue weighted by Crippen LogP contribution is 2.21. The first-order valence-electron chi connectivity index (χ1n) is 4.62. The minimum atomic E-state index is -1.33. The van der Waals surface area contributed by atoms with Gasteiger partial charge in [0.2, 0.25) is 0 Å². The summed E-state index contributed by atoms with van der Waals surface area (Å²) in [5.74, 6) is -1.34. The first-order chi connectivity index (χ1) is 7.53. The molecule has 16 heavy (non-hydrogen) atoms. The number of carboxylic acids is 1. The highest BCUT2D eigenvalue weighted by atomic mass is 32.1. The van der Waals surface area contributed by atoms with E-state index in [1.54, 1.807) is 0 Å². The molecule has 1 aliphatic rings. The third-order valence-corrected chi connectivity index (χ3v) is 3.24. The van der Waals surface area contributed by atoms with Gasteiger partial charge in [-0.05, 0) is 18.0 Å². The number of amides is 1. The van der Waals surface area contributed by atoms with Gasteiger partial charge in [-0.15, -0.1) is 5.10 Å². The molecule has 2 rings (SSSR count). The fraction of sp³-hybridized carbons (Fsp3) is 0.500. The fourth-order valence-corrected chi connectivity index (χ4v) is 2.08. The molecular formula is C8H10N4O3S. The van der Waals surface area contributed by atoms with Gasteiger partial charge in [0.25, 0.3) is 5.91 Å². The molecule has 0 spiro atoms. The lowest BCUT2D eigenvalue weighted by Gasteiger charge is -2.19. The topological polar surface area (TPSA) is 109 Å². The quantitative estimate of drug-likeness (QED) is 0.700. The lowest BCUT2D eigenvalue weighted by molar-refractivity contribution is -0.142. The number of aromatic nitrogens is 2. The largest absolute Gasteiger partial charge is 0.480 e. The molecule has 0 radical (unpaired) electrons. The van der Waals surface area contributed by atoms with E-state index in [4.69, 9.17) is 10.8 Å². The summed E-state index contributed by atoms with van der Waals surface area (Å²) in [6, 6.07) is 0. The van der Waals surface area contributed by atoms with Crippen molar-refractivity contribution < 1.29 is 14.7 Å². The Morgan fingerprint density at radius 2 is 2.38 bits per heavy atom. The predicted molar refractivity (Wildman–Crippen MR) is 55.0 cm³/mol. The van der Waals surface area contributed by atoms with Crippen LogP contribution in [0.4, 0.5) is 0 Å². The summed E-state index contributed by atoms with van der Waals surface area (Å²) in [4.78, 5) is 24.5. The summed E-state index contributed by atoms with van der Waals surface area (Å²) in [6.07, 6.45) is 1.63. The van der Waals surface area contributed by atoms with E-state index in [2.05, 4.69) is 9.59 Å². The van der Waals surface area contributed by atoms with Crippen molar-refractivity contribution >= 4 is 23.4 Å². The lowest BCUT2D eigenvalue weighted by atomic mass is 10.0. The summed E-state index contributed by atoms with van der Waals surface area (Å²) in [5.41, 5.74) is 4.34. The summed E-state index contributed by atoms with van der Waals surface area (Å²) >= 11 is 0.986. The van der Waals surface area contributed by atoms with Crippen LogP contribution in [0.3, 0.4) is 0 Å². The monoisotopic (exact) mass is 242 g/mol. The van der Waals surface area contributed by atoms with Crippen LogP contribution in [0.2, 0.25) is 0 Å². The van der Waals surface area contributed by atoms with Crippen LogP contribution in [0.25, 0.3) is 0 Å². The van der Waals surface area contributed by atoms with E-state index < -0.39 is 11.5 Å². The Bertz CT molecular complexity index is 421. The molecule has 1 unspecified atom stereocenters. The van der Waals surface area contributed by atoms with Crippen LogP contribution >= 0.6 is 11.5 Å². The molecule has 0 aliphatic carbocycles. The second kappa shape index (κ2) is 3.80. The first kappa shape index (κ1) is 11.0. The molecule has 1 saturated heterocycles. The minimum Gasteiger partial charge on any atom is -0.480 e. The standard InChI is InChI=1S/C8H10N4O3S/c9-8(7(14)15)1-2-12(4-8)6(13)5-3-10-11-16-5/h3H,1-2,4,9H2,(H,14,15). The molecule has 2 heterocycles. The number of carboxylic acid groups (broad SMARTS) is 1. The van der Waals surface area contributed by atoms with Gasteiger partial charge in [-0.25, -0.2) is 0 Å². The number of likely N-dealkylation sites (tertiary alicyclic amines) is 1. The van der Waals surface area contributed by atoms with E-state index in [1.807, 2.05) is 0 Å². The Labute approximate surface area is 95.0 Å². The average molecular weight is 242 g/mol. The maximum atomic E-state index is 11.8. The van der Waals surface area contributed by atoms with Gasteiger partial charge < -0.3 is 15.7 Å². The molecule has 0 saturated carbocycles. The van der Waals surface area contributed by atoms with Crippen LogP contribution in [0.15, 0.2) is 6.20 Å². The first-order valence-corrected chi connectivity index (χ1v) is 5.39. The molecule has 7 nitrogen and oxygen atoms in total. The number of carbonyl (C=O) groups is 2. The van der Waals surface area contributed by atoms with Crippen LogP contribution in [0, 0.1) is 0 Å². The Hall–Kier alpha value is -1.54. The van der Waals surface area contributed by atoms with E-state index in [1.165, 1.54) is 11.1 Å². The summed E-state index contributed by atoms with van der Waals surface area (Å²) < 4.78 is 3.58. The number of hydrogen-bond acceptors (Lipinski definition) is 6. The van der Waals surface area contributed by atoms with Gasteiger partial charge in [-0.2, -0.15) is 0 Å². The predicted octanol–water partition coefficient (Wildman–Crippen LogP) is -0.834. The number of nitrogens with zero attached hydrogens (tertiary/aromatic N) is 3. The molecule has 1 fully saturated rings. The van der Waals surface area contributed by atoms with Crippen LogP contribution in [-0.4, -0.2) is 50.1 Å². The van der Waals surface area contributed by atoms with Crippen molar-refractivity contribution in [2.24, 2.45) is 5.73 Å². The van der Waals surface area contributed by atoms with Crippen molar-refractivity contribution in [1.82, 2.24) is 14.5 Å². The molecule has 1 atom stereocenters. The normalized spacial score (nSPS) is 24.7. The van der Waals surface area contributed by atoms with Gasteiger partial charge in [0.15, 0.2) is 0 Å². The number of rotatable bonds is 2. The fourth-order valence-electron chi connectivity index (χ4n) is 1.60. The summed E-state index contributed by atoms with van der Waals surface area (Å²) in [7, 11) is 0. The van der Waals surface area contributed by atoms with E-state index in [0.717, 1.165) is 11.5 Å². The highest BCUT2D eigenvalue weighted by molar-refractivity contribution is 7.07. The zero-order chi connectivity index (χ0) is 11.8. The Morgan fingerprint density at radius 1 is 1.62 bits per heavy atom. The van der Waals surface area contributed by atoms with Crippen molar-refractivity contribution in [2.75, 3.05) is 13.1 Å². The smallest absolute Gasteiger partial charge is 0.325 e. The van der Waals surface area contributed by atoms with Gasteiger partial charge in [0, 0.05) is 13.1 Å². The number of nitrogens with two attached hydrogens (primary N) is 1. The van der Waals surface area contributed by atoms with Gasteiger partial charge in [-0.1, -0.05) is 4.49 Å². The Kier molecular flexibility index (Phi) is 2.60. The number of aliphatic carboxylic acids is 1. The molecule has 0 bridgehead atoms. The van der Waals surface area contributed by atoms with E-state index >= 15 is 0 Å². The third-order valence-electron chi connectivity index (χ3n) is 2.59. The average Bonchev–Trinajstić information content (AvgIpc) is 2.85. The van der Waals surface area contributed by atoms with Crippen LogP contribution in [0.5, 0.6) is 0 Å². The van der Waals surface area contributed by atoms with E-state index in [9.17, 15) is 9.59 Å². The SMILES string of the molecule is NC1(C(=O)O)CCN(C(=O)c2cnns2)C1. The van der Waals surface area contributed by atoms with Crippen molar-refractivity contribution in [3.63, 3.8) is 0 Å². The van der Waals surface area contributed by atoms with Crippen molar-refractivity contribution in [2.45, 2.75) is 12.0 Å². The van der Waals surface area contributed by atoms with Crippen LogP contribution in [0.1, 0.15) is 16.1 Å². The molecule has 8 heteroatoms. The van der Waals surface area contributed by atoms with Crippen molar-refractivity contribution in [1.29, 1.82) is 0 Å². The lowest BCUT2D eigenvalue weighted by Crippen LogP contribution is -2.50. The molecule has 86 valence electrons. The Balaban J connectivity index is 2.10. The maximum Gasteiger partial charge on any atom is 0.325 e. The molecule has 1 amide bonds.